The van der Waals surface area contributed by atoms with Gasteiger partial charge in [-0.25, -0.2) is 0 Å². The van der Waals surface area contributed by atoms with Crippen LogP contribution in [0.4, 0.5) is 0 Å². The van der Waals surface area contributed by atoms with E-state index in [4.69, 9.17) is 0 Å². The van der Waals surface area contributed by atoms with Crippen LogP contribution in [0.3, 0.4) is 0 Å². The summed E-state index contributed by atoms with van der Waals surface area (Å²) >= 11 is 0. The Morgan fingerprint density at radius 1 is 0.625 bits per heavy atom. The second-order valence-electron chi connectivity index (χ2n) is 6.74. The molecule has 0 aliphatic heterocycles. The van der Waals surface area contributed by atoms with Crippen LogP contribution in [0.25, 0.3) is 37.9 Å². The van der Waals surface area contributed by atoms with Crippen LogP contribution in [-0.2, 0) is 0 Å². The van der Waals surface area contributed by atoms with Crippen molar-refractivity contribution < 1.29 is 0 Å². The minimum Gasteiger partial charge on any atom is -0.118 e. The molecule has 0 unspecified atom stereocenters. The van der Waals surface area contributed by atoms with Crippen LogP contribution in [-0.4, -0.2) is 0 Å². The molecular weight excluding hydrogens is 288 g/mol. The van der Waals surface area contributed by atoms with Crippen molar-refractivity contribution in [3.8, 4) is 0 Å². The molecule has 4 aromatic carbocycles. The second-order valence-corrected chi connectivity index (χ2v) is 6.74. The van der Waals surface area contributed by atoms with Crippen molar-refractivity contribution in [2.45, 2.75) is 19.8 Å². The van der Waals surface area contributed by atoms with Crippen LogP contribution in [0.1, 0.15) is 25.3 Å². The number of benzene rings is 4. The fraction of sp³-hybridized carbons (Fsp3) is 0.125. The van der Waals surface area contributed by atoms with E-state index in [9.17, 15) is 0 Å². The average molecular weight is 306 g/mol. The van der Waals surface area contributed by atoms with E-state index >= 15 is 0 Å². The van der Waals surface area contributed by atoms with Crippen molar-refractivity contribution in [3.05, 3.63) is 83.6 Å². The van der Waals surface area contributed by atoms with E-state index < -0.39 is 0 Å². The lowest BCUT2D eigenvalue weighted by Gasteiger charge is -2.12. The molecule has 1 aliphatic carbocycles. The summed E-state index contributed by atoms with van der Waals surface area (Å²) in [6.45, 7) is 2.18. The molecule has 24 heavy (non-hydrogen) atoms. The fourth-order valence-corrected chi connectivity index (χ4v) is 4.01. The van der Waals surface area contributed by atoms with Gasteiger partial charge in [0.1, 0.15) is 0 Å². The maximum atomic E-state index is 3.55. The van der Waals surface area contributed by atoms with Gasteiger partial charge in [-0.1, -0.05) is 60.7 Å². The summed E-state index contributed by atoms with van der Waals surface area (Å²) in [6.07, 6.45) is 2.26. The Hall–Kier alpha value is -2.82. The predicted molar refractivity (Wildman–Crippen MR) is 104 cm³/mol. The quantitative estimate of drug-likeness (QED) is 0.266. The average Bonchev–Trinajstić information content (AvgIpc) is 3.08. The zero-order valence-corrected chi connectivity index (χ0v) is 13.8. The van der Waals surface area contributed by atoms with Gasteiger partial charge in [-0.3, -0.25) is 0 Å². The van der Waals surface area contributed by atoms with Gasteiger partial charge < -0.3 is 0 Å². The Morgan fingerprint density at radius 2 is 1.17 bits per heavy atom. The van der Waals surface area contributed by atoms with Crippen molar-refractivity contribution in [1.29, 1.82) is 0 Å². The third-order valence-corrected chi connectivity index (χ3v) is 5.21. The first-order valence-corrected chi connectivity index (χ1v) is 8.60. The Balaban J connectivity index is 1.95. The molecule has 0 radical (unpaired) electrons. The SMILES string of the molecule is CC1=C=C(c2ccc3c4ccccc4c4ccccc4c3c2)CC1. The van der Waals surface area contributed by atoms with Crippen molar-refractivity contribution in [3.63, 3.8) is 0 Å². The maximum absolute atomic E-state index is 3.55. The zero-order valence-electron chi connectivity index (χ0n) is 13.8. The Labute approximate surface area is 141 Å². The van der Waals surface area contributed by atoms with E-state index in [2.05, 4.69) is 79.4 Å². The molecule has 0 heteroatoms. The number of hydrogen-bond acceptors (Lipinski definition) is 0. The third-order valence-electron chi connectivity index (χ3n) is 5.21. The van der Waals surface area contributed by atoms with Crippen LogP contribution in [0.2, 0.25) is 0 Å². The van der Waals surface area contributed by atoms with E-state index in [1.807, 2.05) is 0 Å². The summed E-state index contributed by atoms with van der Waals surface area (Å²) in [6, 6.07) is 24.4. The van der Waals surface area contributed by atoms with Crippen molar-refractivity contribution in [2.75, 3.05) is 0 Å². The van der Waals surface area contributed by atoms with Gasteiger partial charge in [-0.05, 0) is 69.3 Å². The van der Waals surface area contributed by atoms with Crippen LogP contribution >= 0.6 is 0 Å². The topological polar surface area (TPSA) is 0 Å². The Morgan fingerprint density at radius 3 is 1.71 bits per heavy atom. The predicted octanol–water partition coefficient (Wildman–Crippen LogP) is 6.87. The molecule has 0 bridgehead atoms. The molecule has 0 amide bonds. The van der Waals surface area contributed by atoms with Gasteiger partial charge in [-0.15, -0.1) is 5.73 Å². The summed E-state index contributed by atoms with van der Waals surface area (Å²) in [4.78, 5) is 0. The molecule has 0 spiro atoms. The largest absolute Gasteiger partial charge is 0.118 e. The summed E-state index contributed by atoms with van der Waals surface area (Å²) < 4.78 is 0. The van der Waals surface area contributed by atoms with Gasteiger partial charge in [-0.2, -0.15) is 0 Å². The molecule has 0 saturated carbocycles. The van der Waals surface area contributed by atoms with Crippen molar-refractivity contribution in [2.24, 2.45) is 0 Å². The molecular formula is C24H18. The molecule has 114 valence electrons. The van der Waals surface area contributed by atoms with Gasteiger partial charge in [0.2, 0.25) is 0 Å². The molecule has 0 N–H and O–H groups in total. The first kappa shape index (κ1) is 13.6. The molecule has 0 fully saturated rings. The second kappa shape index (κ2) is 5.09. The van der Waals surface area contributed by atoms with E-state index in [-0.39, 0.29) is 0 Å². The summed E-state index contributed by atoms with van der Waals surface area (Å²) in [7, 11) is 0. The number of fused-ring (bicyclic) bond motifs is 6. The lowest BCUT2D eigenvalue weighted by Crippen LogP contribution is -1.86. The van der Waals surface area contributed by atoms with Crippen LogP contribution < -0.4 is 0 Å². The summed E-state index contributed by atoms with van der Waals surface area (Å²) in [5, 5.41) is 8.04. The Bertz CT molecular complexity index is 1150. The van der Waals surface area contributed by atoms with Gasteiger partial charge in [0.15, 0.2) is 0 Å². The lowest BCUT2D eigenvalue weighted by molar-refractivity contribution is 1.03. The van der Waals surface area contributed by atoms with Gasteiger partial charge in [0.05, 0.1) is 0 Å². The summed E-state index contributed by atoms with van der Waals surface area (Å²) in [5.74, 6) is 0. The molecule has 5 rings (SSSR count). The minimum atomic E-state index is 1.11. The van der Waals surface area contributed by atoms with Crippen LogP contribution in [0.15, 0.2) is 78.0 Å². The van der Waals surface area contributed by atoms with Crippen molar-refractivity contribution >= 4 is 37.9 Å². The monoisotopic (exact) mass is 306 g/mol. The molecule has 0 atom stereocenters. The molecule has 0 heterocycles. The van der Waals surface area contributed by atoms with E-state index in [0.717, 1.165) is 12.8 Å². The highest BCUT2D eigenvalue weighted by molar-refractivity contribution is 6.25. The first-order chi connectivity index (χ1) is 11.8. The lowest BCUT2D eigenvalue weighted by atomic mass is 9.92. The summed E-state index contributed by atoms with van der Waals surface area (Å²) in [5.41, 5.74) is 7.59. The maximum Gasteiger partial charge on any atom is 0.00151 e. The highest BCUT2D eigenvalue weighted by Gasteiger charge is 2.12. The third kappa shape index (κ3) is 1.94. The zero-order chi connectivity index (χ0) is 16.1. The van der Waals surface area contributed by atoms with Gasteiger partial charge in [0.25, 0.3) is 0 Å². The van der Waals surface area contributed by atoms with Gasteiger partial charge >= 0.3 is 0 Å². The number of rotatable bonds is 1. The molecule has 1 aliphatic rings. The number of hydrogen-bond donors (Lipinski definition) is 0. The Kier molecular flexibility index (Phi) is 2.89. The highest BCUT2D eigenvalue weighted by Crippen LogP contribution is 2.37. The van der Waals surface area contributed by atoms with E-state index in [1.54, 1.807) is 0 Å². The molecule has 0 aromatic heterocycles. The van der Waals surface area contributed by atoms with Crippen LogP contribution in [0, 0.1) is 0 Å². The smallest absolute Gasteiger partial charge is 0.00151 e. The minimum absolute atomic E-state index is 1.11. The van der Waals surface area contributed by atoms with Gasteiger partial charge in [0, 0.05) is 5.57 Å². The number of allylic oxidation sites excluding steroid dienone is 1. The van der Waals surface area contributed by atoms with Crippen LogP contribution in [0.5, 0.6) is 0 Å². The molecule has 0 nitrogen and oxygen atoms in total. The van der Waals surface area contributed by atoms with Crippen molar-refractivity contribution in [1.82, 2.24) is 0 Å². The standard InChI is InChI=1S/C24H18/c1-16-10-11-17(14-16)18-12-13-23-21-8-3-2-6-19(21)20-7-4-5-9-22(20)24(23)15-18/h2-9,12-13,15H,10-11H2,1H3. The highest BCUT2D eigenvalue weighted by atomic mass is 14.2. The fourth-order valence-electron chi connectivity index (χ4n) is 4.01. The van der Waals surface area contributed by atoms with E-state index in [1.165, 1.54) is 49.0 Å². The molecule has 4 aromatic rings. The first-order valence-electron chi connectivity index (χ1n) is 8.60. The molecule has 0 saturated heterocycles. The van der Waals surface area contributed by atoms with E-state index in [0.29, 0.717) is 0 Å². The normalized spacial score (nSPS) is 14.4.